The van der Waals surface area contributed by atoms with Gasteiger partial charge in [-0.1, -0.05) is 18.2 Å². The molecule has 1 N–H and O–H groups in total. The highest BCUT2D eigenvalue weighted by Crippen LogP contribution is 2.48. The molecule has 9 nitrogen and oxygen atoms in total. The number of imidazole rings is 1. The molecule has 3 saturated heterocycles. The van der Waals surface area contributed by atoms with E-state index in [1.54, 1.807) is 0 Å². The molecule has 246 valence electrons. The Morgan fingerprint density at radius 1 is 1.00 bits per heavy atom. The van der Waals surface area contributed by atoms with Crippen molar-refractivity contribution in [1.29, 1.82) is 0 Å². The molecule has 9 rings (SSSR count). The Hall–Kier alpha value is -3.76. The lowest BCUT2D eigenvalue weighted by Crippen LogP contribution is -2.54. The van der Waals surface area contributed by atoms with Gasteiger partial charge in [-0.3, -0.25) is 4.90 Å². The Labute approximate surface area is 277 Å². The van der Waals surface area contributed by atoms with Crippen LogP contribution in [0.1, 0.15) is 99.2 Å². The van der Waals surface area contributed by atoms with Gasteiger partial charge in [0.05, 0.1) is 40.3 Å². The summed E-state index contributed by atoms with van der Waals surface area (Å²) in [5.41, 5.74) is 4.84. The van der Waals surface area contributed by atoms with Gasteiger partial charge in [-0.25, -0.2) is 9.78 Å². The van der Waals surface area contributed by atoms with E-state index in [0.29, 0.717) is 5.92 Å². The first-order valence-electron chi connectivity index (χ1n) is 17.1. The summed E-state index contributed by atoms with van der Waals surface area (Å²) in [7, 11) is -0.413. The molecule has 6 heterocycles. The van der Waals surface area contributed by atoms with E-state index in [4.69, 9.17) is 23.8 Å². The monoisotopic (exact) mass is 636 g/mol. The predicted molar refractivity (Wildman–Crippen MR) is 183 cm³/mol. The van der Waals surface area contributed by atoms with Crippen molar-refractivity contribution < 1.29 is 23.6 Å². The van der Waals surface area contributed by atoms with Crippen LogP contribution in [0.3, 0.4) is 0 Å². The lowest BCUT2D eigenvalue weighted by molar-refractivity contribution is -0.0439. The highest BCUT2D eigenvalue weighted by molar-refractivity contribution is 6.62. The second-order valence-electron chi connectivity index (χ2n) is 15.8. The number of hydrogen-bond donors (Lipinski definition) is 1. The molecule has 5 aliphatic rings. The quantitative estimate of drug-likeness (QED) is 0.231. The summed E-state index contributed by atoms with van der Waals surface area (Å²) >= 11 is 0. The number of nitrogens with zero attached hydrogens (tertiary/aromatic N) is 3. The second kappa shape index (κ2) is 10.4. The lowest BCUT2D eigenvalue weighted by Gasteiger charge is -2.50. The van der Waals surface area contributed by atoms with E-state index in [1.807, 2.05) is 31.9 Å². The van der Waals surface area contributed by atoms with Crippen LogP contribution in [0.4, 0.5) is 4.79 Å². The van der Waals surface area contributed by atoms with Crippen molar-refractivity contribution in [3.8, 4) is 28.3 Å². The van der Waals surface area contributed by atoms with Crippen molar-refractivity contribution in [2.75, 3.05) is 0 Å². The fourth-order valence-corrected chi connectivity index (χ4v) is 7.93. The van der Waals surface area contributed by atoms with E-state index in [9.17, 15) is 4.79 Å². The Morgan fingerprint density at radius 3 is 2.43 bits per heavy atom. The zero-order valence-corrected chi connectivity index (χ0v) is 28.7. The number of amides is 1. The first-order valence-corrected chi connectivity index (χ1v) is 17.1. The Morgan fingerprint density at radius 2 is 1.72 bits per heavy atom. The summed E-state index contributed by atoms with van der Waals surface area (Å²) in [6.45, 7) is 16.2. The summed E-state index contributed by atoms with van der Waals surface area (Å²) in [4.78, 5) is 23.8. The molecule has 1 amide bonds. The molecule has 2 aromatic carbocycles. The molecular weight excluding hydrogens is 591 g/mol. The molecule has 4 aromatic rings. The van der Waals surface area contributed by atoms with E-state index < -0.39 is 23.9 Å². The van der Waals surface area contributed by atoms with Crippen molar-refractivity contribution in [2.45, 2.75) is 116 Å². The first kappa shape index (κ1) is 30.6. The second-order valence-corrected chi connectivity index (χ2v) is 15.8. The molecule has 0 radical (unpaired) electrons. The Balaban J connectivity index is 1.09. The van der Waals surface area contributed by atoms with Crippen molar-refractivity contribution in [3.63, 3.8) is 0 Å². The predicted octanol–water partition coefficient (Wildman–Crippen LogP) is 7.76. The van der Waals surface area contributed by atoms with Crippen LogP contribution in [0.25, 0.3) is 33.4 Å². The average molecular weight is 637 g/mol. The fourth-order valence-electron chi connectivity index (χ4n) is 7.93. The number of aromatic nitrogens is 3. The number of hydrogen-bond acceptors (Lipinski definition) is 6. The molecule has 10 heteroatoms. The van der Waals surface area contributed by atoms with E-state index in [2.05, 4.69) is 86.6 Å². The van der Waals surface area contributed by atoms with Gasteiger partial charge in [0.15, 0.2) is 6.23 Å². The molecule has 0 spiro atoms. The zero-order valence-electron chi connectivity index (χ0n) is 28.7. The number of nitrogens with one attached hydrogen (secondary N) is 1. The van der Waals surface area contributed by atoms with Crippen LogP contribution in [-0.2, 0) is 14.0 Å². The molecule has 2 bridgehead atoms. The number of piperidine rings is 2. The third-order valence-electron chi connectivity index (χ3n) is 11.0. The van der Waals surface area contributed by atoms with Gasteiger partial charge in [0.1, 0.15) is 17.2 Å². The molecule has 47 heavy (non-hydrogen) atoms. The number of carbonyl (C=O) groups excluding carboxylic acids is 1. The maximum Gasteiger partial charge on any atom is 0.494 e. The fraction of sp³-hybridized carbons (Fsp3) is 0.514. The highest BCUT2D eigenvalue weighted by Gasteiger charge is 2.52. The summed E-state index contributed by atoms with van der Waals surface area (Å²) < 4.78 is 27.3. The highest BCUT2D eigenvalue weighted by atomic mass is 16.7. The summed E-state index contributed by atoms with van der Waals surface area (Å²) in [5, 5.41) is 1.12. The van der Waals surface area contributed by atoms with Gasteiger partial charge in [-0.05, 0) is 117 Å². The summed E-state index contributed by atoms with van der Waals surface area (Å²) in [5.74, 6) is 2.02. The number of carbonyl (C=O) groups is 1. The van der Waals surface area contributed by atoms with Gasteiger partial charge >= 0.3 is 13.2 Å². The third-order valence-corrected chi connectivity index (χ3v) is 11.0. The van der Waals surface area contributed by atoms with Gasteiger partial charge < -0.3 is 28.3 Å². The first-order chi connectivity index (χ1) is 22.2. The number of benzene rings is 2. The van der Waals surface area contributed by atoms with Crippen LogP contribution in [-0.4, -0.2) is 55.5 Å². The van der Waals surface area contributed by atoms with Crippen LogP contribution >= 0.6 is 0 Å². The topological polar surface area (TPSA) is 90.8 Å². The Kier molecular flexibility index (Phi) is 6.75. The van der Waals surface area contributed by atoms with Crippen molar-refractivity contribution >= 4 is 29.6 Å². The van der Waals surface area contributed by atoms with E-state index in [0.717, 1.165) is 76.1 Å². The number of aromatic amines is 1. The summed E-state index contributed by atoms with van der Waals surface area (Å²) in [6, 6.07) is 15.1. The lowest BCUT2D eigenvalue weighted by atomic mass is 9.74. The van der Waals surface area contributed by atoms with E-state index >= 15 is 0 Å². The molecule has 4 fully saturated rings. The molecular formula is C37H45BN4O5. The SMILES string of the molecule is CC1Oc2cc(-c3cnc(C4C5CCC(CC5)N4C(=O)OC(C)(C)C)[nH]3)ccc2-c2cc3cc(B4OC(C)(C)C(C)(C)O4)ccc3n21. The number of H-pyrrole nitrogens is 1. The summed E-state index contributed by atoms with van der Waals surface area (Å²) in [6.07, 6.45) is 5.68. The number of ether oxygens (including phenoxy) is 2. The van der Waals surface area contributed by atoms with E-state index in [1.165, 1.54) is 0 Å². The maximum absolute atomic E-state index is 13.4. The zero-order chi connectivity index (χ0) is 33.0. The van der Waals surface area contributed by atoms with Crippen molar-refractivity contribution in [2.24, 2.45) is 5.92 Å². The average Bonchev–Trinajstić information content (AvgIpc) is 3.70. The maximum atomic E-state index is 13.4. The number of fused-ring (bicyclic) bond motifs is 8. The minimum Gasteiger partial charge on any atom is -0.470 e. The van der Waals surface area contributed by atoms with Crippen molar-refractivity contribution in [1.82, 2.24) is 19.4 Å². The Bertz CT molecular complexity index is 1860. The minimum atomic E-state index is -0.548. The molecule has 1 saturated carbocycles. The molecule has 2 aromatic heterocycles. The van der Waals surface area contributed by atoms with Gasteiger partial charge in [-0.2, -0.15) is 0 Å². The van der Waals surface area contributed by atoms with Crippen LogP contribution in [0.5, 0.6) is 5.75 Å². The van der Waals surface area contributed by atoms with Crippen LogP contribution in [0.2, 0.25) is 0 Å². The van der Waals surface area contributed by atoms with Gasteiger partial charge in [0.25, 0.3) is 0 Å². The third kappa shape index (κ3) is 4.98. The molecule has 2 atom stereocenters. The van der Waals surface area contributed by atoms with Gasteiger partial charge in [0.2, 0.25) is 0 Å². The molecule has 2 unspecified atom stereocenters. The van der Waals surface area contributed by atoms with E-state index in [-0.39, 0.29) is 24.4 Å². The van der Waals surface area contributed by atoms with Gasteiger partial charge in [0, 0.05) is 22.6 Å². The minimum absolute atomic E-state index is 0.113. The van der Waals surface area contributed by atoms with Crippen molar-refractivity contribution in [3.05, 3.63) is 54.5 Å². The van der Waals surface area contributed by atoms with Gasteiger partial charge in [-0.15, -0.1) is 0 Å². The standard InChI is InChI=1S/C37H45BN4O5/c1-21-41-29-16-12-25(38-46-36(5,6)37(7,8)47-38)17-24(29)18-30(41)27-15-11-23(19-31(27)44-21)28-20-39-33(40-28)32-22-9-13-26(14-10-22)42(32)34(43)45-35(2,3)4/h11-12,15-22,26,32H,9-10,13-14H2,1-8H3,(H,39,40). The smallest absolute Gasteiger partial charge is 0.470 e. The van der Waals surface area contributed by atoms with Crippen LogP contribution in [0.15, 0.2) is 48.7 Å². The molecule has 1 aliphatic carbocycles. The largest absolute Gasteiger partial charge is 0.494 e. The normalized spacial score (nSPS) is 25.9. The van der Waals surface area contributed by atoms with Crippen LogP contribution in [0, 0.1) is 5.92 Å². The molecule has 4 aliphatic heterocycles. The number of rotatable bonds is 3. The van der Waals surface area contributed by atoms with Crippen LogP contribution < -0.4 is 10.2 Å².